The fourth-order valence-electron chi connectivity index (χ4n) is 3.65. The summed E-state index contributed by atoms with van der Waals surface area (Å²) < 4.78 is 0. The maximum Gasteiger partial charge on any atom is 0.251 e. The van der Waals surface area contributed by atoms with Gasteiger partial charge in [0, 0.05) is 18.7 Å². The van der Waals surface area contributed by atoms with Crippen LogP contribution in [0, 0.1) is 11.3 Å². The lowest BCUT2D eigenvalue weighted by atomic mass is 10.00. The number of hydrogen-bond donors (Lipinski definition) is 2. The van der Waals surface area contributed by atoms with E-state index in [-0.39, 0.29) is 30.7 Å². The largest absolute Gasteiger partial charge is 0.356 e. The van der Waals surface area contributed by atoms with Gasteiger partial charge in [-0.15, -0.1) is 0 Å². The quantitative estimate of drug-likeness (QED) is 0.796. The molecule has 1 unspecified atom stereocenters. The topological polar surface area (TPSA) is 102 Å². The standard InChI is InChI=1S/C24H26N4O3/c25-16-18-9-11-20(12-10-18)24(31)27-17-23(30)28-14-6-2-5-13-26-22(29)15-21(28)19-7-3-1-4-8-19/h1,3-4,7-12,21H,2,5-6,13-15,17H2,(H,26,29)(H,27,31). The molecule has 2 aromatic carbocycles. The Morgan fingerprint density at radius 1 is 1.06 bits per heavy atom. The number of carbonyl (C=O) groups is 3. The summed E-state index contributed by atoms with van der Waals surface area (Å²) in [5, 5.41) is 14.5. The average Bonchev–Trinajstić information content (AvgIpc) is 2.81. The fourth-order valence-corrected chi connectivity index (χ4v) is 3.65. The predicted octanol–water partition coefficient (Wildman–Crippen LogP) is 2.55. The van der Waals surface area contributed by atoms with Crippen LogP contribution in [0.5, 0.6) is 0 Å². The van der Waals surface area contributed by atoms with Gasteiger partial charge in [0.1, 0.15) is 0 Å². The second-order valence-corrected chi connectivity index (χ2v) is 7.50. The van der Waals surface area contributed by atoms with Crippen molar-refractivity contribution in [3.05, 3.63) is 71.3 Å². The number of nitriles is 1. The monoisotopic (exact) mass is 418 g/mol. The molecule has 7 heteroatoms. The zero-order valence-electron chi connectivity index (χ0n) is 17.3. The SMILES string of the molecule is N#Cc1ccc(C(=O)NCC(=O)N2CCCCCNC(=O)CC2c2ccccc2)cc1. The molecule has 1 heterocycles. The average molecular weight is 418 g/mol. The smallest absolute Gasteiger partial charge is 0.251 e. The summed E-state index contributed by atoms with van der Waals surface area (Å²) in [7, 11) is 0. The van der Waals surface area contributed by atoms with Crippen molar-refractivity contribution >= 4 is 17.7 Å². The van der Waals surface area contributed by atoms with E-state index in [1.54, 1.807) is 29.2 Å². The van der Waals surface area contributed by atoms with Crippen LogP contribution >= 0.6 is 0 Å². The Balaban J connectivity index is 1.74. The van der Waals surface area contributed by atoms with Gasteiger partial charge in [-0.3, -0.25) is 14.4 Å². The lowest BCUT2D eigenvalue weighted by Crippen LogP contribution is -2.44. The minimum Gasteiger partial charge on any atom is -0.356 e. The molecule has 0 bridgehead atoms. The van der Waals surface area contributed by atoms with Crippen molar-refractivity contribution in [2.24, 2.45) is 0 Å². The molecule has 3 rings (SSSR count). The first-order valence-corrected chi connectivity index (χ1v) is 10.5. The summed E-state index contributed by atoms with van der Waals surface area (Å²) in [6.07, 6.45) is 2.79. The highest BCUT2D eigenvalue weighted by Crippen LogP contribution is 2.26. The third kappa shape index (κ3) is 6.16. The number of hydrogen-bond acceptors (Lipinski definition) is 4. The second kappa shape index (κ2) is 10.9. The number of carbonyl (C=O) groups excluding carboxylic acids is 3. The Kier molecular flexibility index (Phi) is 7.77. The molecular formula is C24H26N4O3. The molecule has 0 aliphatic carbocycles. The third-order valence-electron chi connectivity index (χ3n) is 5.33. The summed E-state index contributed by atoms with van der Waals surface area (Å²) in [6.45, 7) is 1.01. The molecule has 1 atom stereocenters. The molecule has 7 nitrogen and oxygen atoms in total. The van der Waals surface area contributed by atoms with Crippen molar-refractivity contribution < 1.29 is 14.4 Å². The van der Waals surface area contributed by atoms with Gasteiger partial charge in [-0.2, -0.15) is 5.26 Å². The van der Waals surface area contributed by atoms with Crippen LogP contribution in [-0.2, 0) is 9.59 Å². The molecule has 0 radical (unpaired) electrons. The van der Waals surface area contributed by atoms with Crippen LogP contribution in [0.3, 0.4) is 0 Å². The fraction of sp³-hybridized carbons (Fsp3) is 0.333. The molecule has 31 heavy (non-hydrogen) atoms. The van der Waals surface area contributed by atoms with Gasteiger partial charge >= 0.3 is 0 Å². The first-order chi connectivity index (χ1) is 15.1. The Morgan fingerprint density at radius 3 is 2.52 bits per heavy atom. The zero-order chi connectivity index (χ0) is 22.1. The maximum absolute atomic E-state index is 13.1. The van der Waals surface area contributed by atoms with Crippen LogP contribution in [0.2, 0.25) is 0 Å². The van der Waals surface area contributed by atoms with E-state index < -0.39 is 6.04 Å². The number of rotatable bonds is 4. The number of benzene rings is 2. The van der Waals surface area contributed by atoms with Gasteiger partial charge in [0.2, 0.25) is 11.8 Å². The Labute approximate surface area is 182 Å². The maximum atomic E-state index is 13.1. The molecule has 1 aliphatic rings. The number of nitrogens with zero attached hydrogens (tertiary/aromatic N) is 2. The van der Waals surface area contributed by atoms with Crippen LogP contribution in [0.25, 0.3) is 0 Å². The van der Waals surface area contributed by atoms with E-state index >= 15 is 0 Å². The lowest BCUT2D eigenvalue weighted by Gasteiger charge is -2.33. The molecule has 2 N–H and O–H groups in total. The summed E-state index contributed by atoms with van der Waals surface area (Å²) >= 11 is 0. The molecular weight excluding hydrogens is 392 g/mol. The van der Waals surface area contributed by atoms with Crippen LogP contribution in [-0.4, -0.2) is 42.3 Å². The lowest BCUT2D eigenvalue weighted by molar-refractivity contribution is -0.134. The highest BCUT2D eigenvalue weighted by Gasteiger charge is 2.28. The van der Waals surface area contributed by atoms with Crippen LogP contribution < -0.4 is 10.6 Å². The summed E-state index contributed by atoms with van der Waals surface area (Å²) in [5.74, 6) is -0.702. The number of amides is 3. The van der Waals surface area contributed by atoms with Crippen molar-refractivity contribution in [2.75, 3.05) is 19.6 Å². The van der Waals surface area contributed by atoms with Crippen LogP contribution in [0.15, 0.2) is 54.6 Å². The first-order valence-electron chi connectivity index (χ1n) is 10.5. The Morgan fingerprint density at radius 2 is 1.81 bits per heavy atom. The van der Waals surface area contributed by atoms with E-state index in [1.807, 2.05) is 36.4 Å². The molecule has 0 saturated carbocycles. The Bertz CT molecular complexity index is 951. The molecule has 160 valence electrons. The van der Waals surface area contributed by atoms with Gasteiger partial charge in [0.25, 0.3) is 5.91 Å². The molecule has 3 amide bonds. The predicted molar refractivity (Wildman–Crippen MR) is 116 cm³/mol. The Hall–Kier alpha value is -3.66. The molecule has 2 aromatic rings. The molecule has 1 aliphatic heterocycles. The van der Waals surface area contributed by atoms with E-state index in [9.17, 15) is 14.4 Å². The second-order valence-electron chi connectivity index (χ2n) is 7.50. The summed E-state index contributed by atoms with van der Waals surface area (Å²) in [5.41, 5.74) is 1.74. The van der Waals surface area contributed by atoms with Gasteiger partial charge in [-0.25, -0.2) is 0 Å². The van der Waals surface area contributed by atoms with Gasteiger partial charge in [0.05, 0.1) is 30.6 Å². The van der Waals surface area contributed by atoms with Gasteiger partial charge in [-0.05, 0) is 49.1 Å². The van der Waals surface area contributed by atoms with E-state index in [4.69, 9.17) is 5.26 Å². The van der Waals surface area contributed by atoms with E-state index in [0.717, 1.165) is 24.8 Å². The van der Waals surface area contributed by atoms with E-state index in [1.165, 1.54) is 0 Å². The van der Waals surface area contributed by atoms with Crippen molar-refractivity contribution in [1.82, 2.24) is 15.5 Å². The van der Waals surface area contributed by atoms with Gasteiger partial charge < -0.3 is 15.5 Å². The van der Waals surface area contributed by atoms with Gasteiger partial charge in [-0.1, -0.05) is 30.3 Å². The minimum atomic E-state index is -0.390. The van der Waals surface area contributed by atoms with Crippen molar-refractivity contribution in [3.8, 4) is 6.07 Å². The van der Waals surface area contributed by atoms with Crippen molar-refractivity contribution in [1.29, 1.82) is 5.26 Å². The zero-order valence-corrected chi connectivity index (χ0v) is 17.3. The van der Waals surface area contributed by atoms with Gasteiger partial charge in [0.15, 0.2) is 0 Å². The summed E-state index contributed by atoms with van der Waals surface area (Å²) in [4.78, 5) is 39.7. The molecule has 1 fully saturated rings. The van der Waals surface area contributed by atoms with Crippen LogP contribution in [0.4, 0.5) is 0 Å². The molecule has 0 aromatic heterocycles. The number of nitrogens with one attached hydrogen (secondary N) is 2. The van der Waals surface area contributed by atoms with E-state index in [0.29, 0.717) is 24.2 Å². The van der Waals surface area contributed by atoms with Crippen molar-refractivity contribution in [2.45, 2.75) is 31.7 Å². The summed E-state index contributed by atoms with van der Waals surface area (Å²) in [6, 6.07) is 17.4. The molecule has 1 saturated heterocycles. The minimum absolute atomic E-state index is 0.0878. The van der Waals surface area contributed by atoms with E-state index in [2.05, 4.69) is 10.6 Å². The normalized spacial score (nSPS) is 17.2. The van der Waals surface area contributed by atoms with Crippen LogP contribution in [0.1, 0.15) is 53.2 Å². The van der Waals surface area contributed by atoms with Crippen molar-refractivity contribution in [3.63, 3.8) is 0 Å². The highest BCUT2D eigenvalue weighted by atomic mass is 16.2. The highest BCUT2D eigenvalue weighted by molar-refractivity contribution is 5.96. The first kappa shape index (κ1) is 22.0. The molecule has 0 spiro atoms. The third-order valence-corrected chi connectivity index (χ3v) is 5.33.